The Balaban J connectivity index is 2.55. The molecule has 0 atom stereocenters. The molecule has 0 saturated heterocycles. The molecule has 0 unspecified atom stereocenters. The quantitative estimate of drug-likeness (QED) is 0.457. The summed E-state index contributed by atoms with van der Waals surface area (Å²) in [6, 6.07) is 4.51. The van der Waals surface area contributed by atoms with Crippen LogP contribution in [0.3, 0.4) is 0 Å². The van der Waals surface area contributed by atoms with Gasteiger partial charge in [0.1, 0.15) is 22.2 Å². The van der Waals surface area contributed by atoms with Crippen LogP contribution in [0.25, 0.3) is 0 Å². The fourth-order valence-electron chi connectivity index (χ4n) is 1.92. The van der Waals surface area contributed by atoms with Crippen molar-refractivity contribution in [3.05, 3.63) is 59.2 Å². The average molecular weight is 378 g/mol. The molecule has 0 aliphatic heterocycles. The van der Waals surface area contributed by atoms with Crippen molar-refractivity contribution in [3.8, 4) is 0 Å². The highest BCUT2D eigenvalue weighted by atomic mass is 31.2. The standard InChI is InChI=1S/C13H10F2O7P2/c14-9-3-1-7(5-11(9)23(17,18)19)13(16)8-2-4-10(15)12(6-8)24(20,21)22/h1-6H,(H2,17,18,19)(H2,20,21,22). The zero-order chi connectivity index (χ0) is 18.3. The summed E-state index contributed by atoms with van der Waals surface area (Å²) < 4.78 is 49.3. The molecular weight excluding hydrogens is 368 g/mol. The van der Waals surface area contributed by atoms with Gasteiger partial charge in [-0.25, -0.2) is 8.78 Å². The molecule has 0 aliphatic carbocycles. The van der Waals surface area contributed by atoms with Gasteiger partial charge >= 0.3 is 15.2 Å². The van der Waals surface area contributed by atoms with Crippen LogP contribution in [0.1, 0.15) is 15.9 Å². The van der Waals surface area contributed by atoms with Crippen LogP contribution < -0.4 is 10.6 Å². The number of hydrogen-bond acceptors (Lipinski definition) is 3. The minimum Gasteiger partial charge on any atom is -0.321 e. The SMILES string of the molecule is O=C(c1ccc(F)c(P(=O)(O)O)c1)c1ccc(F)c(P(=O)(O)O)c1. The number of hydrogen-bond donors (Lipinski definition) is 4. The first-order valence-electron chi connectivity index (χ1n) is 6.17. The van der Waals surface area contributed by atoms with E-state index in [1.165, 1.54) is 0 Å². The van der Waals surface area contributed by atoms with Gasteiger partial charge in [0.15, 0.2) is 5.78 Å². The van der Waals surface area contributed by atoms with Crippen LogP contribution in [-0.4, -0.2) is 25.4 Å². The van der Waals surface area contributed by atoms with Crippen LogP contribution in [0.5, 0.6) is 0 Å². The van der Waals surface area contributed by atoms with Gasteiger partial charge in [0.25, 0.3) is 0 Å². The van der Waals surface area contributed by atoms with E-state index in [9.17, 15) is 22.7 Å². The first-order chi connectivity index (χ1) is 10.9. The van der Waals surface area contributed by atoms with E-state index in [-0.39, 0.29) is 11.1 Å². The van der Waals surface area contributed by atoms with Crippen molar-refractivity contribution in [2.45, 2.75) is 0 Å². The van der Waals surface area contributed by atoms with E-state index in [2.05, 4.69) is 0 Å². The van der Waals surface area contributed by atoms with Gasteiger partial charge in [0.2, 0.25) is 0 Å². The minimum absolute atomic E-state index is 0.335. The third-order valence-corrected chi connectivity index (χ3v) is 4.98. The molecule has 0 aromatic heterocycles. The summed E-state index contributed by atoms with van der Waals surface area (Å²) in [6.07, 6.45) is 0. The third-order valence-electron chi connectivity index (χ3n) is 3.04. The second-order valence-electron chi connectivity index (χ2n) is 4.75. The lowest BCUT2D eigenvalue weighted by molar-refractivity contribution is 0.103. The van der Waals surface area contributed by atoms with Gasteiger partial charge in [0, 0.05) is 11.1 Å². The molecule has 24 heavy (non-hydrogen) atoms. The number of halogens is 2. The zero-order valence-electron chi connectivity index (χ0n) is 11.6. The van der Waals surface area contributed by atoms with Crippen molar-refractivity contribution in [1.82, 2.24) is 0 Å². The van der Waals surface area contributed by atoms with Gasteiger partial charge in [-0.05, 0) is 36.4 Å². The molecule has 2 aromatic rings. The predicted octanol–water partition coefficient (Wildman–Crippen LogP) is 0.802. The lowest BCUT2D eigenvalue weighted by atomic mass is 10.0. The van der Waals surface area contributed by atoms with E-state index >= 15 is 0 Å². The predicted molar refractivity (Wildman–Crippen MR) is 79.6 cm³/mol. The summed E-state index contributed by atoms with van der Waals surface area (Å²) in [6.45, 7) is 0. The van der Waals surface area contributed by atoms with Gasteiger partial charge in [-0.1, -0.05) is 0 Å². The third kappa shape index (κ3) is 3.84. The normalized spacial score (nSPS) is 12.2. The molecular formula is C13H10F2O7P2. The zero-order valence-corrected chi connectivity index (χ0v) is 13.4. The summed E-state index contributed by atoms with van der Waals surface area (Å²) in [4.78, 5) is 48.4. The van der Waals surface area contributed by atoms with Gasteiger partial charge in [-0.3, -0.25) is 13.9 Å². The van der Waals surface area contributed by atoms with Crippen LogP contribution >= 0.6 is 15.2 Å². The molecule has 0 heterocycles. The second-order valence-corrected chi connectivity index (χ2v) is 7.89. The molecule has 2 rings (SSSR count). The van der Waals surface area contributed by atoms with E-state index in [1.807, 2.05) is 0 Å². The van der Waals surface area contributed by atoms with Crippen LogP contribution in [0.2, 0.25) is 0 Å². The Hall–Kier alpha value is -1.73. The van der Waals surface area contributed by atoms with Crippen molar-refractivity contribution in [2.24, 2.45) is 0 Å². The first kappa shape index (κ1) is 18.6. The highest BCUT2D eigenvalue weighted by molar-refractivity contribution is 7.60. The van der Waals surface area contributed by atoms with Gasteiger partial charge in [-0.15, -0.1) is 0 Å². The Morgan fingerprint density at radius 2 is 1.08 bits per heavy atom. The molecule has 11 heteroatoms. The Morgan fingerprint density at radius 1 is 0.750 bits per heavy atom. The fraction of sp³-hybridized carbons (Fsp3) is 0. The van der Waals surface area contributed by atoms with Gasteiger partial charge < -0.3 is 19.6 Å². The maximum Gasteiger partial charge on any atom is 0.359 e. The molecule has 7 nitrogen and oxygen atoms in total. The largest absolute Gasteiger partial charge is 0.359 e. The van der Waals surface area contributed by atoms with E-state index in [0.29, 0.717) is 24.3 Å². The molecule has 0 fully saturated rings. The number of carbonyl (C=O) groups excluding carboxylic acids is 1. The topological polar surface area (TPSA) is 132 Å². The lowest BCUT2D eigenvalue weighted by Crippen LogP contribution is -2.15. The number of carbonyl (C=O) groups is 1. The molecule has 2 aromatic carbocycles. The van der Waals surface area contributed by atoms with Crippen molar-refractivity contribution >= 4 is 31.6 Å². The van der Waals surface area contributed by atoms with Gasteiger partial charge in [0.05, 0.1) is 0 Å². The molecule has 0 aliphatic rings. The Morgan fingerprint density at radius 3 is 1.38 bits per heavy atom. The smallest absolute Gasteiger partial charge is 0.321 e. The Bertz CT molecular complexity index is 843. The first-order valence-corrected chi connectivity index (χ1v) is 9.40. The van der Waals surface area contributed by atoms with E-state index < -0.39 is 43.2 Å². The molecule has 0 spiro atoms. The number of benzene rings is 2. The lowest BCUT2D eigenvalue weighted by Gasteiger charge is -2.10. The van der Waals surface area contributed by atoms with Crippen LogP contribution in [0.15, 0.2) is 36.4 Å². The highest BCUT2D eigenvalue weighted by Crippen LogP contribution is 2.36. The molecule has 0 radical (unpaired) electrons. The molecule has 0 saturated carbocycles. The van der Waals surface area contributed by atoms with E-state index in [1.54, 1.807) is 0 Å². The van der Waals surface area contributed by atoms with Crippen LogP contribution in [-0.2, 0) is 9.13 Å². The monoisotopic (exact) mass is 378 g/mol. The van der Waals surface area contributed by atoms with Crippen molar-refractivity contribution in [1.29, 1.82) is 0 Å². The number of ketones is 1. The van der Waals surface area contributed by atoms with Crippen molar-refractivity contribution in [2.75, 3.05) is 0 Å². The fourth-order valence-corrected chi connectivity index (χ4v) is 3.24. The van der Waals surface area contributed by atoms with Crippen molar-refractivity contribution in [3.63, 3.8) is 0 Å². The minimum atomic E-state index is -4.97. The van der Waals surface area contributed by atoms with Crippen LogP contribution in [0.4, 0.5) is 8.78 Å². The molecule has 4 N–H and O–H groups in total. The summed E-state index contributed by atoms with van der Waals surface area (Å²) in [5.74, 6) is -3.34. The maximum absolute atomic E-state index is 13.4. The molecule has 0 bridgehead atoms. The highest BCUT2D eigenvalue weighted by Gasteiger charge is 2.26. The summed E-state index contributed by atoms with van der Waals surface area (Å²) >= 11 is 0. The summed E-state index contributed by atoms with van der Waals surface area (Å²) in [7, 11) is -9.94. The van der Waals surface area contributed by atoms with Crippen molar-refractivity contribution < 1.29 is 42.3 Å². The summed E-state index contributed by atoms with van der Waals surface area (Å²) in [5, 5.41) is -1.99. The van der Waals surface area contributed by atoms with E-state index in [4.69, 9.17) is 19.6 Å². The molecule has 0 amide bonds. The average Bonchev–Trinajstić information content (AvgIpc) is 2.45. The Kier molecular flexibility index (Phi) is 4.88. The second kappa shape index (κ2) is 6.29. The molecule has 128 valence electrons. The van der Waals surface area contributed by atoms with Crippen LogP contribution in [0, 0.1) is 11.6 Å². The van der Waals surface area contributed by atoms with E-state index in [0.717, 1.165) is 12.1 Å². The van der Waals surface area contributed by atoms with Gasteiger partial charge in [-0.2, -0.15) is 0 Å². The maximum atomic E-state index is 13.4. The Labute approximate surface area is 133 Å². The number of rotatable bonds is 4. The summed E-state index contributed by atoms with van der Waals surface area (Å²) in [5.41, 5.74) is -0.670.